The molecular formula is C69H116N2O7P+. The van der Waals surface area contributed by atoms with Gasteiger partial charge >= 0.3 is 13.8 Å². The third kappa shape index (κ3) is 58.4. The molecule has 0 bridgehead atoms. The Morgan fingerprint density at radius 3 is 1.38 bits per heavy atom. The molecule has 0 spiro atoms. The highest BCUT2D eigenvalue weighted by molar-refractivity contribution is 7.47. The van der Waals surface area contributed by atoms with E-state index in [1.165, 1.54) is 77.0 Å². The minimum Gasteiger partial charge on any atom is -0.456 e. The summed E-state index contributed by atoms with van der Waals surface area (Å²) >= 11 is 0. The number of nitrogens with zero attached hydrogens (tertiary/aromatic N) is 1. The zero-order valence-electron chi connectivity index (χ0n) is 51.1. The lowest BCUT2D eigenvalue weighted by molar-refractivity contribution is -0.870. The summed E-state index contributed by atoms with van der Waals surface area (Å²) in [6.07, 6.45) is 82.8. The van der Waals surface area contributed by atoms with Crippen LogP contribution < -0.4 is 5.32 Å². The molecule has 0 heterocycles. The number of phosphoric ester groups is 1. The Morgan fingerprint density at radius 1 is 0.468 bits per heavy atom. The van der Waals surface area contributed by atoms with E-state index in [4.69, 9.17) is 13.8 Å². The van der Waals surface area contributed by atoms with Crippen molar-refractivity contribution >= 4 is 19.7 Å². The highest BCUT2D eigenvalue weighted by Crippen LogP contribution is 2.43. The summed E-state index contributed by atoms with van der Waals surface area (Å²) in [7, 11) is 1.44. The molecule has 0 aromatic carbocycles. The van der Waals surface area contributed by atoms with Gasteiger partial charge < -0.3 is 19.4 Å². The second-order valence-electron chi connectivity index (χ2n) is 21.6. The van der Waals surface area contributed by atoms with Gasteiger partial charge in [0.25, 0.3) is 0 Å². The molecule has 1 amide bonds. The number of unbranched alkanes of at least 4 members (excludes halogenated alkanes) is 21. The summed E-state index contributed by atoms with van der Waals surface area (Å²) < 4.78 is 30.6. The maximum Gasteiger partial charge on any atom is 0.472 e. The van der Waals surface area contributed by atoms with E-state index in [1.54, 1.807) is 0 Å². The van der Waals surface area contributed by atoms with Crippen LogP contribution in [0.3, 0.4) is 0 Å². The molecule has 3 atom stereocenters. The van der Waals surface area contributed by atoms with Crippen LogP contribution in [0, 0.1) is 0 Å². The number of ether oxygens (including phenoxy) is 1. The molecule has 3 unspecified atom stereocenters. The Kier molecular flexibility index (Phi) is 54.2. The maximum atomic E-state index is 13.6. The van der Waals surface area contributed by atoms with Crippen molar-refractivity contribution in [1.82, 2.24) is 5.32 Å². The molecule has 0 saturated carbocycles. The Hall–Kier alpha value is -4.11. The molecule has 0 aromatic rings. The number of esters is 1. The first-order chi connectivity index (χ1) is 38.4. The van der Waals surface area contributed by atoms with Crippen LogP contribution in [0.4, 0.5) is 0 Å². The minimum atomic E-state index is -4.47. The summed E-state index contributed by atoms with van der Waals surface area (Å²) in [5.74, 6) is -0.576. The van der Waals surface area contributed by atoms with Crippen molar-refractivity contribution in [2.75, 3.05) is 40.9 Å². The van der Waals surface area contributed by atoms with Gasteiger partial charge in [0.2, 0.25) is 5.91 Å². The summed E-state index contributed by atoms with van der Waals surface area (Å²) in [4.78, 5) is 37.7. The Morgan fingerprint density at radius 2 is 0.873 bits per heavy atom. The fourth-order valence-corrected chi connectivity index (χ4v) is 8.91. The average molecular weight is 1120 g/mol. The number of allylic oxidation sites excluding steroid dienone is 23. The fraction of sp³-hybridized carbons (Fsp3) is 0.623. The van der Waals surface area contributed by atoms with Gasteiger partial charge in [-0.1, -0.05) is 263 Å². The third-order valence-electron chi connectivity index (χ3n) is 12.9. The van der Waals surface area contributed by atoms with Gasteiger partial charge in [-0.2, -0.15) is 0 Å². The van der Waals surface area contributed by atoms with Gasteiger partial charge in [0.1, 0.15) is 19.3 Å². The van der Waals surface area contributed by atoms with Gasteiger partial charge in [-0.3, -0.25) is 18.6 Å². The monoisotopic (exact) mass is 1120 g/mol. The Balaban J connectivity index is 5.25. The van der Waals surface area contributed by atoms with Crippen LogP contribution in [0.1, 0.15) is 226 Å². The highest BCUT2D eigenvalue weighted by atomic mass is 31.2. The van der Waals surface area contributed by atoms with Gasteiger partial charge in [-0.15, -0.1) is 0 Å². The molecule has 448 valence electrons. The first-order valence-electron chi connectivity index (χ1n) is 31.2. The number of hydrogen-bond acceptors (Lipinski definition) is 6. The standard InChI is InChI=1S/C69H115N2O7P/c1-7-10-13-16-19-22-25-27-29-31-32-33-34-35-36-37-38-40-41-43-46-49-52-55-58-61-68(72)70-66(65-77-79(74,75)76-64-63-71(4,5)6)67(60-57-54-51-48-45-24-21-18-15-12-9-3)78-69(73)62-59-56-53-50-47-44-42-39-30-28-26-23-20-17-14-11-8-2/h10-11,13-14,17,19-20,22-23,26-30,32-33,35-36,39,42,44,47,57,60,66-67H,7-9,12,15-16,18,21,24-25,31,34,37-38,40-41,43,45-46,48-56,58-59,61-65H2,1-6H3,(H-,70,72,74,75)/p+1/b13-10-,14-11-,20-17+,22-19-,26-23+,29-27-,30-28-,33-32-,36-35-,42-39+,47-44+,60-57-. The predicted molar refractivity (Wildman–Crippen MR) is 341 cm³/mol. The van der Waals surface area contributed by atoms with E-state index >= 15 is 0 Å². The molecule has 0 saturated heterocycles. The second kappa shape index (κ2) is 57.1. The summed E-state index contributed by atoms with van der Waals surface area (Å²) in [6.45, 7) is 6.69. The number of nitrogens with one attached hydrogen (secondary N) is 1. The number of rotatable bonds is 54. The van der Waals surface area contributed by atoms with Crippen molar-refractivity contribution in [2.24, 2.45) is 0 Å². The normalized spacial score (nSPS) is 14.7. The van der Waals surface area contributed by atoms with Crippen LogP contribution in [0.2, 0.25) is 0 Å². The SMILES string of the molecule is CC\C=C/C=C/C=C/C=C\C=C\C=C\CCCCCC(=O)OC(/C=C\CCCCCCCCCCC)C(COP(=O)(O)OCC[N+](C)(C)C)NC(=O)CCCCCCCCCCC/C=C\C/C=C\C/C=C\C/C=C\C/C=C\CC. The molecular weight excluding hydrogens is 1000 g/mol. The van der Waals surface area contributed by atoms with Crippen LogP contribution in [0.5, 0.6) is 0 Å². The van der Waals surface area contributed by atoms with Crippen molar-refractivity contribution in [3.05, 3.63) is 146 Å². The largest absolute Gasteiger partial charge is 0.472 e. The van der Waals surface area contributed by atoms with Gasteiger partial charge in [0.05, 0.1) is 33.8 Å². The van der Waals surface area contributed by atoms with Gasteiger partial charge in [-0.25, -0.2) is 4.57 Å². The molecule has 0 aliphatic rings. The fourth-order valence-electron chi connectivity index (χ4n) is 8.17. The zero-order valence-corrected chi connectivity index (χ0v) is 51.9. The van der Waals surface area contributed by atoms with Crippen molar-refractivity contribution in [1.29, 1.82) is 0 Å². The van der Waals surface area contributed by atoms with Crippen molar-refractivity contribution in [3.63, 3.8) is 0 Å². The third-order valence-corrected chi connectivity index (χ3v) is 13.9. The summed E-state index contributed by atoms with van der Waals surface area (Å²) in [6, 6.07) is -0.881. The summed E-state index contributed by atoms with van der Waals surface area (Å²) in [5.41, 5.74) is 0. The minimum absolute atomic E-state index is 0.0226. The molecule has 79 heavy (non-hydrogen) atoms. The molecule has 2 N–H and O–H groups in total. The molecule has 9 nitrogen and oxygen atoms in total. The molecule has 0 radical (unpaired) electrons. The average Bonchev–Trinajstić information content (AvgIpc) is 3.41. The van der Waals surface area contributed by atoms with Crippen LogP contribution in [0.15, 0.2) is 146 Å². The van der Waals surface area contributed by atoms with E-state index < -0.39 is 20.0 Å². The number of amides is 1. The van der Waals surface area contributed by atoms with Crippen LogP contribution in [0.25, 0.3) is 0 Å². The van der Waals surface area contributed by atoms with E-state index in [1.807, 2.05) is 94.1 Å². The van der Waals surface area contributed by atoms with E-state index in [0.29, 0.717) is 23.9 Å². The number of quaternary nitrogens is 1. The lowest BCUT2D eigenvalue weighted by Crippen LogP contribution is -2.47. The Bertz CT molecular complexity index is 1860. The lowest BCUT2D eigenvalue weighted by atomic mass is 10.0. The molecule has 0 aliphatic carbocycles. The van der Waals surface area contributed by atoms with Crippen LogP contribution in [-0.2, 0) is 27.9 Å². The Labute approximate surface area is 485 Å². The topological polar surface area (TPSA) is 111 Å². The van der Waals surface area contributed by atoms with Crippen molar-refractivity contribution in [3.8, 4) is 0 Å². The molecule has 0 fully saturated rings. The number of likely N-dealkylation sites (N-methyl/N-ethyl adjacent to an activating group) is 1. The molecule has 0 aromatic heterocycles. The van der Waals surface area contributed by atoms with E-state index in [-0.39, 0.29) is 31.5 Å². The molecule has 0 rings (SSSR count). The van der Waals surface area contributed by atoms with Gasteiger partial charge in [0.15, 0.2) is 0 Å². The molecule has 0 aliphatic heterocycles. The molecule has 10 heteroatoms. The van der Waals surface area contributed by atoms with Gasteiger partial charge in [0, 0.05) is 12.8 Å². The number of hydrogen-bond donors (Lipinski definition) is 2. The number of carbonyl (C=O) groups is 2. The van der Waals surface area contributed by atoms with Crippen LogP contribution >= 0.6 is 7.82 Å². The van der Waals surface area contributed by atoms with Gasteiger partial charge in [-0.05, 0) is 96.0 Å². The van der Waals surface area contributed by atoms with E-state index in [0.717, 1.165) is 109 Å². The van der Waals surface area contributed by atoms with E-state index in [2.05, 4.69) is 99.0 Å². The van der Waals surface area contributed by atoms with Crippen molar-refractivity contribution < 1.29 is 37.3 Å². The zero-order chi connectivity index (χ0) is 57.9. The summed E-state index contributed by atoms with van der Waals surface area (Å²) in [5, 5.41) is 3.04. The number of carbonyl (C=O) groups excluding carboxylic acids is 2. The first kappa shape index (κ1) is 74.9. The lowest BCUT2D eigenvalue weighted by Gasteiger charge is -2.27. The quantitative estimate of drug-likeness (QED) is 0.0156. The number of phosphoric acid groups is 1. The maximum absolute atomic E-state index is 13.6. The predicted octanol–water partition coefficient (Wildman–Crippen LogP) is 19.4. The first-order valence-corrected chi connectivity index (χ1v) is 32.7. The van der Waals surface area contributed by atoms with Crippen LogP contribution in [-0.4, -0.2) is 74.3 Å². The van der Waals surface area contributed by atoms with Crippen molar-refractivity contribution in [2.45, 2.75) is 238 Å². The highest BCUT2D eigenvalue weighted by Gasteiger charge is 2.30. The second-order valence-corrected chi connectivity index (χ2v) is 23.1. The van der Waals surface area contributed by atoms with E-state index in [9.17, 15) is 19.0 Å². The smallest absolute Gasteiger partial charge is 0.456 e.